The van der Waals surface area contributed by atoms with Crippen LogP contribution >= 0.6 is 11.3 Å². The average molecular weight is 382 g/mol. The topological polar surface area (TPSA) is 75.9 Å². The summed E-state index contributed by atoms with van der Waals surface area (Å²) in [6.45, 7) is 4.68. The quantitative estimate of drug-likeness (QED) is 0.709. The van der Waals surface area contributed by atoms with Gasteiger partial charge in [0.25, 0.3) is 5.91 Å². The summed E-state index contributed by atoms with van der Waals surface area (Å²) in [5.41, 5.74) is 1.40. The highest BCUT2D eigenvalue weighted by Crippen LogP contribution is 2.25. The first-order valence-corrected chi connectivity index (χ1v) is 10.1. The Hall–Kier alpha value is -2.58. The summed E-state index contributed by atoms with van der Waals surface area (Å²) in [5.74, 6) is 0.768. The Morgan fingerprint density at radius 1 is 1.44 bits per heavy atom. The molecule has 0 aromatic carbocycles. The van der Waals surface area contributed by atoms with Gasteiger partial charge in [-0.05, 0) is 31.5 Å². The Morgan fingerprint density at radius 2 is 2.37 bits per heavy atom. The molecule has 0 saturated carbocycles. The maximum absolute atomic E-state index is 13.0. The van der Waals surface area contributed by atoms with E-state index in [-0.39, 0.29) is 11.9 Å². The highest BCUT2D eigenvalue weighted by molar-refractivity contribution is 7.13. The third-order valence-electron chi connectivity index (χ3n) is 4.64. The number of pyridine rings is 1. The molecule has 8 heteroatoms. The van der Waals surface area contributed by atoms with Crippen molar-refractivity contribution < 1.29 is 4.79 Å². The van der Waals surface area contributed by atoms with Crippen molar-refractivity contribution in [2.75, 3.05) is 19.6 Å². The second kappa shape index (κ2) is 7.98. The maximum Gasteiger partial charge on any atom is 0.273 e. The van der Waals surface area contributed by atoms with Gasteiger partial charge in [-0.15, -0.1) is 11.3 Å². The predicted octanol–water partition coefficient (Wildman–Crippen LogP) is 2.60. The zero-order valence-electron chi connectivity index (χ0n) is 15.2. The van der Waals surface area contributed by atoms with Crippen molar-refractivity contribution in [3.05, 3.63) is 47.9 Å². The molecular weight excluding hydrogens is 360 g/mol. The molecule has 1 fully saturated rings. The van der Waals surface area contributed by atoms with Crippen LogP contribution in [0.2, 0.25) is 0 Å². The minimum atomic E-state index is 0.0187. The van der Waals surface area contributed by atoms with E-state index in [1.807, 2.05) is 34.7 Å². The molecular formula is C19H22N6OS. The number of amides is 1. The minimum Gasteiger partial charge on any atom is -0.333 e. The van der Waals surface area contributed by atoms with E-state index in [0.29, 0.717) is 5.69 Å². The van der Waals surface area contributed by atoms with Crippen LogP contribution in [0.25, 0.3) is 16.4 Å². The van der Waals surface area contributed by atoms with E-state index < -0.39 is 0 Å². The molecule has 1 amide bonds. The summed E-state index contributed by atoms with van der Waals surface area (Å²) in [7, 11) is 0. The third-order valence-corrected chi connectivity index (χ3v) is 5.53. The lowest BCUT2D eigenvalue weighted by molar-refractivity contribution is 0.0687. The molecule has 0 aliphatic carbocycles. The predicted molar refractivity (Wildman–Crippen MR) is 105 cm³/mol. The van der Waals surface area contributed by atoms with Gasteiger partial charge in [0.15, 0.2) is 5.82 Å². The van der Waals surface area contributed by atoms with Crippen molar-refractivity contribution in [2.45, 2.75) is 25.8 Å². The molecule has 0 bridgehead atoms. The molecule has 1 N–H and O–H groups in total. The average Bonchev–Trinajstić information content (AvgIpc) is 3.47. The Labute approximate surface area is 162 Å². The fraction of sp³-hybridized carbons (Fsp3) is 0.368. The molecule has 1 saturated heterocycles. The fourth-order valence-electron chi connectivity index (χ4n) is 3.30. The molecule has 27 heavy (non-hydrogen) atoms. The summed E-state index contributed by atoms with van der Waals surface area (Å²) in [5, 5.41) is 10.3. The SMILES string of the molecule is CCCN(C(=O)c1csc(-c2cnn(-c3ccccn3)c2)n1)[C@H]1CCNC1. The van der Waals surface area contributed by atoms with E-state index in [1.165, 1.54) is 11.3 Å². The maximum atomic E-state index is 13.0. The van der Waals surface area contributed by atoms with Gasteiger partial charge < -0.3 is 10.2 Å². The Bertz CT molecular complexity index is 900. The number of hydrogen-bond acceptors (Lipinski definition) is 6. The van der Waals surface area contributed by atoms with Crippen molar-refractivity contribution in [3.8, 4) is 16.4 Å². The molecule has 0 unspecified atom stereocenters. The molecule has 1 atom stereocenters. The summed E-state index contributed by atoms with van der Waals surface area (Å²) in [6, 6.07) is 5.94. The van der Waals surface area contributed by atoms with Crippen LogP contribution in [0.1, 0.15) is 30.3 Å². The van der Waals surface area contributed by atoms with Crippen LogP contribution < -0.4 is 5.32 Å². The number of hydrogen-bond donors (Lipinski definition) is 1. The fourth-order valence-corrected chi connectivity index (χ4v) is 4.07. The molecule has 1 aliphatic heterocycles. The van der Waals surface area contributed by atoms with Crippen LogP contribution in [-0.4, -0.2) is 56.2 Å². The lowest BCUT2D eigenvalue weighted by Gasteiger charge is -2.27. The van der Waals surface area contributed by atoms with Crippen LogP contribution in [0.3, 0.4) is 0 Å². The number of nitrogens with zero attached hydrogens (tertiary/aromatic N) is 5. The minimum absolute atomic E-state index is 0.0187. The van der Waals surface area contributed by atoms with Gasteiger partial charge in [0, 0.05) is 42.5 Å². The van der Waals surface area contributed by atoms with Crippen molar-refractivity contribution in [3.63, 3.8) is 0 Å². The monoisotopic (exact) mass is 382 g/mol. The number of aromatic nitrogens is 4. The number of thiazole rings is 1. The zero-order valence-corrected chi connectivity index (χ0v) is 16.0. The lowest BCUT2D eigenvalue weighted by Crippen LogP contribution is -2.42. The smallest absolute Gasteiger partial charge is 0.273 e. The van der Waals surface area contributed by atoms with E-state index >= 15 is 0 Å². The van der Waals surface area contributed by atoms with Gasteiger partial charge in [-0.25, -0.2) is 14.6 Å². The van der Waals surface area contributed by atoms with Gasteiger partial charge >= 0.3 is 0 Å². The number of carbonyl (C=O) groups is 1. The second-order valence-electron chi connectivity index (χ2n) is 6.54. The van der Waals surface area contributed by atoms with Crippen molar-refractivity contribution in [1.29, 1.82) is 0 Å². The normalized spacial score (nSPS) is 16.6. The van der Waals surface area contributed by atoms with Crippen LogP contribution in [0.15, 0.2) is 42.2 Å². The molecule has 3 aromatic rings. The molecule has 0 radical (unpaired) electrons. The van der Waals surface area contributed by atoms with Crippen LogP contribution in [-0.2, 0) is 0 Å². The van der Waals surface area contributed by atoms with Gasteiger partial charge in [-0.3, -0.25) is 4.79 Å². The van der Waals surface area contributed by atoms with E-state index in [9.17, 15) is 4.79 Å². The van der Waals surface area contributed by atoms with Crippen molar-refractivity contribution >= 4 is 17.2 Å². The van der Waals surface area contributed by atoms with Crippen molar-refractivity contribution in [2.24, 2.45) is 0 Å². The van der Waals surface area contributed by atoms with E-state index in [0.717, 1.165) is 48.9 Å². The Kier molecular flexibility index (Phi) is 5.26. The van der Waals surface area contributed by atoms with Crippen LogP contribution in [0.4, 0.5) is 0 Å². The van der Waals surface area contributed by atoms with Crippen LogP contribution in [0.5, 0.6) is 0 Å². The number of nitrogens with one attached hydrogen (secondary N) is 1. The zero-order chi connectivity index (χ0) is 18.6. The summed E-state index contributed by atoms with van der Waals surface area (Å²) in [4.78, 5) is 23.9. The Balaban J connectivity index is 1.54. The van der Waals surface area contributed by atoms with Gasteiger partial charge in [0.1, 0.15) is 10.7 Å². The number of rotatable bonds is 6. The summed E-state index contributed by atoms with van der Waals surface area (Å²) in [6.07, 6.45) is 7.32. The largest absolute Gasteiger partial charge is 0.333 e. The first-order chi connectivity index (χ1) is 13.3. The first kappa shape index (κ1) is 17.8. The second-order valence-corrected chi connectivity index (χ2v) is 7.40. The van der Waals surface area contributed by atoms with Crippen LogP contribution in [0, 0.1) is 0 Å². The lowest BCUT2D eigenvalue weighted by atomic mass is 10.2. The Morgan fingerprint density at radius 3 is 3.11 bits per heavy atom. The van der Waals surface area contributed by atoms with Gasteiger partial charge in [-0.2, -0.15) is 5.10 Å². The molecule has 140 valence electrons. The molecule has 1 aliphatic rings. The molecule has 7 nitrogen and oxygen atoms in total. The van der Waals surface area contributed by atoms with Gasteiger partial charge in [-0.1, -0.05) is 13.0 Å². The van der Waals surface area contributed by atoms with E-state index in [2.05, 4.69) is 27.3 Å². The van der Waals surface area contributed by atoms with Crippen molar-refractivity contribution in [1.82, 2.24) is 30.0 Å². The standard InChI is InChI=1S/C19H22N6OS/c1-2-9-24(15-6-8-20-11-15)19(26)16-13-27-18(23-16)14-10-22-25(12-14)17-5-3-4-7-21-17/h3-5,7,10,12-13,15,20H,2,6,8-9,11H2,1H3/t15-/m0/s1. The highest BCUT2D eigenvalue weighted by Gasteiger charge is 2.28. The summed E-state index contributed by atoms with van der Waals surface area (Å²) < 4.78 is 1.71. The number of carbonyl (C=O) groups excluding carboxylic acids is 1. The molecule has 4 heterocycles. The molecule has 4 rings (SSSR count). The van der Waals surface area contributed by atoms with E-state index in [1.54, 1.807) is 17.1 Å². The highest BCUT2D eigenvalue weighted by atomic mass is 32.1. The summed E-state index contributed by atoms with van der Waals surface area (Å²) >= 11 is 1.47. The van der Waals surface area contributed by atoms with E-state index in [4.69, 9.17) is 0 Å². The van der Waals surface area contributed by atoms with Gasteiger partial charge in [0.2, 0.25) is 0 Å². The van der Waals surface area contributed by atoms with Gasteiger partial charge in [0.05, 0.1) is 6.20 Å². The molecule has 0 spiro atoms. The first-order valence-electron chi connectivity index (χ1n) is 9.20. The molecule has 3 aromatic heterocycles. The third kappa shape index (κ3) is 3.77.